The summed E-state index contributed by atoms with van der Waals surface area (Å²) in [6, 6.07) is 0.00810. The normalized spacial score (nSPS) is 32.8. The summed E-state index contributed by atoms with van der Waals surface area (Å²) < 4.78 is 5.02. The second kappa shape index (κ2) is 2.87. The molecule has 0 saturated carbocycles. The first kappa shape index (κ1) is 8.29. The van der Waals surface area contributed by atoms with Crippen LogP contribution in [0.25, 0.3) is 0 Å². The van der Waals surface area contributed by atoms with Crippen molar-refractivity contribution in [3.63, 3.8) is 0 Å². The molecular formula is C9H11NO3. The van der Waals surface area contributed by atoms with Crippen LogP contribution in [0.2, 0.25) is 0 Å². The van der Waals surface area contributed by atoms with Crippen molar-refractivity contribution < 1.29 is 14.3 Å². The van der Waals surface area contributed by atoms with Crippen molar-refractivity contribution in [1.29, 1.82) is 0 Å². The number of cyclic esters (lactones) is 1. The SMILES string of the molecule is C[C@H]1C[C@H]2CC(=O)C=CN2C(=O)O1. The lowest BCUT2D eigenvalue weighted by atomic mass is 9.99. The van der Waals surface area contributed by atoms with Gasteiger partial charge in [0.1, 0.15) is 6.10 Å². The monoisotopic (exact) mass is 181 g/mol. The van der Waals surface area contributed by atoms with Crippen LogP contribution in [0.3, 0.4) is 0 Å². The van der Waals surface area contributed by atoms with Crippen molar-refractivity contribution in [2.45, 2.75) is 31.9 Å². The van der Waals surface area contributed by atoms with Gasteiger partial charge in [-0.1, -0.05) is 0 Å². The van der Waals surface area contributed by atoms with Crippen molar-refractivity contribution in [3.05, 3.63) is 12.3 Å². The number of hydrogen-bond donors (Lipinski definition) is 0. The maximum Gasteiger partial charge on any atom is 0.414 e. The minimum atomic E-state index is -0.340. The largest absolute Gasteiger partial charge is 0.446 e. The molecule has 4 nitrogen and oxygen atoms in total. The van der Waals surface area contributed by atoms with Crippen LogP contribution in [-0.4, -0.2) is 28.9 Å². The Morgan fingerprint density at radius 3 is 3.08 bits per heavy atom. The van der Waals surface area contributed by atoms with Gasteiger partial charge in [0, 0.05) is 19.0 Å². The summed E-state index contributed by atoms with van der Waals surface area (Å²) in [4.78, 5) is 23.9. The summed E-state index contributed by atoms with van der Waals surface area (Å²) in [5, 5.41) is 0. The summed E-state index contributed by atoms with van der Waals surface area (Å²) in [6.07, 6.45) is 3.69. The number of hydrogen-bond acceptors (Lipinski definition) is 3. The number of carbonyl (C=O) groups is 2. The minimum absolute atomic E-state index is 0.00810. The third-order valence-electron chi connectivity index (χ3n) is 2.37. The van der Waals surface area contributed by atoms with E-state index in [0.717, 1.165) is 6.42 Å². The molecule has 0 aromatic heterocycles. The number of nitrogens with zero attached hydrogens (tertiary/aromatic N) is 1. The average molecular weight is 181 g/mol. The molecule has 13 heavy (non-hydrogen) atoms. The third kappa shape index (κ3) is 1.43. The van der Waals surface area contributed by atoms with Crippen LogP contribution in [0, 0.1) is 0 Å². The maximum atomic E-state index is 11.3. The van der Waals surface area contributed by atoms with E-state index in [4.69, 9.17) is 4.74 Å². The van der Waals surface area contributed by atoms with Gasteiger partial charge in [0.25, 0.3) is 0 Å². The van der Waals surface area contributed by atoms with Crippen LogP contribution in [0.5, 0.6) is 0 Å². The van der Waals surface area contributed by atoms with E-state index >= 15 is 0 Å². The molecule has 2 atom stereocenters. The van der Waals surface area contributed by atoms with Gasteiger partial charge in [-0.2, -0.15) is 0 Å². The predicted octanol–water partition coefficient (Wildman–Crippen LogP) is 1.07. The van der Waals surface area contributed by atoms with Gasteiger partial charge in [-0.05, 0) is 13.0 Å². The number of rotatable bonds is 0. The highest BCUT2D eigenvalue weighted by Crippen LogP contribution is 2.24. The van der Waals surface area contributed by atoms with E-state index in [2.05, 4.69) is 0 Å². The standard InChI is InChI=1S/C9H11NO3/c1-6-4-7-5-8(11)2-3-10(7)9(12)13-6/h2-3,6-7H,4-5H2,1H3/t6-,7-/m0/s1. The molecule has 4 heteroatoms. The van der Waals surface area contributed by atoms with Crippen LogP contribution in [0.1, 0.15) is 19.8 Å². The Hall–Kier alpha value is -1.32. The maximum absolute atomic E-state index is 11.3. The van der Waals surface area contributed by atoms with Gasteiger partial charge in [-0.3, -0.25) is 9.69 Å². The van der Waals surface area contributed by atoms with Crippen molar-refractivity contribution in [3.8, 4) is 0 Å². The number of ether oxygens (including phenoxy) is 1. The van der Waals surface area contributed by atoms with Crippen LogP contribution in [0.15, 0.2) is 12.3 Å². The van der Waals surface area contributed by atoms with Gasteiger partial charge in [-0.25, -0.2) is 4.79 Å². The van der Waals surface area contributed by atoms with Gasteiger partial charge < -0.3 is 4.74 Å². The molecule has 0 radical (unpaired) electrons. The second-order valence-electron chi connectivity index (χ2n) is 3.48. The van der Waals surface area contributed by atoms with Crippen molar-refractivity contribution in [1.82, 2.24) is 4.90 Å². The first-order valence-corrected chi connectivity index (χ1v) is 4.37. The highest BCUT2D eigenvalue weighted by atomic mass is 16.6. The lowest BCUT2D eigenvalue weighted by Crippen LogP contribution is -2.47. The van der Waals surface area contributed by atoms with E-state index in [1.807, 2.05) is 6.92 Å². The smallest absolute Gasteiger partial charge is 0.414 e. The lowest BCUT2D eigenvalue weighted by Gasteiger charge is -2.36. The molecule has 2 aliphatic rings. The topological polar surface area (TPSA) is 46.6 Å². The zero-order chi connectivity index (χ0) is 9.42. The predicted molar refractivity (Wildman–Crippen MR) is 45.0 cm³/mol. The number of amides is 1. The van der Waals surface area contributed by atoms with Crippen molar-refractivity contribution in [2.24, 2.45) is 0 Å². The molecule has 70 valence electrons. The van der Waals surface area contributed by atoms with E-state index in [1.165, 1.54) is 17.2 Å². The van der Waals surface area contributed by atoms with Gasteiger partial charge in [0.05, 0.1) is 6.04 Å². The molecule has 0 aromatic carbocycles. The summed E-state index contributed by atoms with van der Waals surface area (Å²) in [6.45, 7) is 1.85. The van der Waals surface area contributed by atoms with Gasteiger partial charge in [0.2, 0.25) is 0 Å². The Balaban J connectivity index is 2.21. The Morgan fingerprint density at radius 2 is 2.31 bits per heavy atom. The Labute approximate surface area is 76.2 Å². The zero-order valence-corrected chi connectivity index (χ0v) is 7.40. The molecule has 0 aromatic rings. The first-order valence-electron chi connectivity index (χ1n) is 4.37. The fourth-order valence-electron chi connectivity index (χ4n) is 1.75. The molecule has 1 saturated heterocycles. The molecule has 0 unspecified atom stereocenters. The summed E-state index contributed by atoms with van der Waals surface area (Å²) >= 11 is 0. The molecule has 2 heterocycles. The fraction of sp³-hybridized carbons (Fsp3) is 0.556. The fourth-order valence-corrected chi connectivity index (χ4v) is 1.75. The number of ketones is 1. The summed E-state index contributed by atoms with van der Waals surface area (Å²) in [5.74, 6) is 0.0863. The Morgan fingerprint density at radius 1 is 1.54 bits per heavy atom. The Bertz CT molecular complexity index is 285. The average Bonchev–Trinajstić information content (AvgIpc) is 2.02. The van der Waals surface area contributed by atoms with Crippen LogP contribution in [0.4, 0.5) is 4.79 Å². The van der Waals surface area contributed by atoms with Crippen LogP contribution < -0.4 is 0 Å². The molecule has 0 N–H and O–H groups in total. The molecule has 0 bridgehead atoms. The molecule has 0 spiro atoms. The second-order valence-corrected chi connectivity index (χ2v) is 3.48. The van der Waals surface area contributed by atoms with Gasteiger partial charge in [0.15, 0.2) is 5.78 Å². The quantitative estimate of drug-likeness (QED) is 0.561. The molecule has 1 amide bonds. The minimum Gasteiger partial charge on any atom is -0.446 e. The van der Waals surface area contributed by atoms with Crippen molar-refractivity contribution in [2.75, 3.05) is 0 Å². The molecule has 2 rings (SSSR count). The van der Waals surface area contributed by atoms with E-state index in [9.17, 15) is 9.59 Å². The Kier molecular flexibility index (Phi) is 1.83. The third-order valence-corrected chi connectivity index (χ3v) is 2.37. The zero-order valence-electron chi connectivity index (χ0n) is 7.40. The molecule has 0 aliphatic carbocycles. The molecule has 2 aliphatic heterocycles. The van der Waals surface area contributed by atoms with Crippen molar-refractivity contribution >= 4 is 11.9 Å². The summed E-state index contributed by atoms with van der Waals surface area (Å²) in [5.41, 5.74) is 0. The number of allylic oxidation sites excluding steroid dienone is 1. The highest BCUT2D eigenvalue weighted by molar-refractivity contribution is 5.92. The number of fused-ring (bicyclic) bond motifs is 1. The lowest BCUT2D eigenvalue weighted by molar-refractivity contribution is -0.117. The van der Waals surface area contributed by atoms with E-state index in [1.54, 1.807) is 0 Å². The molecular weight excluding hydrogens is 170 g/mol. The molecule has 1 fully saturated rings. The van der Waals surface area contributed by atoms with E-state index in [-0.39, 0.29) is 24.0 Å². The van der Waals surface area contributed by atoms with Gasteiger partial charge in [-0.15, -0.1) is 0 Å². The highest BCUT2D eigenvalue weighted by Gasteiger charge is 2.34. The van der Waals surface area contributed by atoms with E-state index in [0.29, 0.717) is 6.42 Å². The number of carbonyl (C=O) groups excluding carboxylic acids is 2. The summed E-state index contributed by atoms with van der Waals surface area (Å²) in [7, 11) is 0. The van der Waals surface area contributed by atoms with Gasteiger partial charge >= 0.3 is 6.09 Å². The van der Waals surface area contributed by atoms with Crippen LogP contribution in [-0.2, 0) is 9.53 Å². The van der Waals surface area contributed by atoms with E-state index < -0.39 is 0 Å². The first-order chi connectivity index (χ1) is 6.16. The van der Waals surface area contributed by atoms with Crippen LogP contribution >= 0.6 is 0 Å².